The summed E-state index contributed by atoms with van der Waals surface area (Å²) in [5, 5.41) is 7.14. The number of hydrogen-bond acceptors (Lipinski definition) is 4. The molecule has 0 amide bonds. The Morgan fingerprint density at radius 2 is 2.23 bits per heavy atom. The molecule has 1 heterocycles. The lowest BCUT2D eigenvalue weighted by molar-refractivity contribution is 0.469. The highest BCUT2D eigenvalue weighted by Gasteiger charge is 2.11. The molecule has 4 heteroatoms. The Morgan fingerprint density at radius 3 is 2.69 bits per heavy atom. The van der Waals surface area contributed by atoms with Gasteiger partial charge in [-0.15, -0.1) is 5.10 Å². The van der Waals surface area contributed by atoms with E-state index in [1.54, 1.807) is 0 Å². The third-order valence-corrected chi connectivity index (χ3v) is 2.88. The van der Waals surface area contributed by atoms with E-state index >= 15 is 0 Å². The van der Waals surface area contributed by atoms with Crippen LogP contribution in [0, 0.1) is 5.92 Å². The molecular weight excluding hydrogens is 182 g/mol. The van der Waals surface area contributed by atoms with E-state index in [0.717, 1.165) is 12.3 Å². The molecule has 74 valence electrons. The lowest BCUT2D eigenvalue weighted by Crippen LogP contribution is -2.15. The van der Waals surface area contributed by atoms with Crippen LogP contribution >= 0.6 is 11.5 Å². The van der Waals surface area contributed by atoms with Crippen LogP contribution in [0.3, 0.4) is 0 Å². The van der Waals surface area contributed by atoms with Crippen LogP contribution in [-0.4, -0.2) is 16.6 Å². The topological polar surface area (TPSA) is 37.8 Å². The highest BCUT2D eigenvalue weighted by Crippen LogP contribution is 2.21. The molecule has 1 unspecified atom stereocenters. The second kappa shape index (κ2) is 5.29. The lowest BCUT2D eigenvalue weighted by Gasteiger charge is -2.14. The summed E-state index contributed by atoms with van der Waals surface area (Å²) in [6.07, 6.45) is 4.26. The van der Waals surface area contributed by atoms with Crippen LogP contribution in [-0.2, 0) is 0 Å². The van der Waals surface area contributed by atoms with Crippen LogP contribution in [0.25, 0.3) is 0 Å². The molecule has 0 radical (unpaired) electrons. The highest BCUT2D eigenvalue weighted by molar-refractivity contribution is 7.05. The first-order chi connectivity index (χ1) is 6.24. The molecule has 0 saturated heterocycles. The van der Waals surface area contributed by atoms with Crippen molar-refractivity contribution in [3.8, 4) is 0 Å². The fourth-order valence-corrected chi connectivity index (χ4v) is 1.90. The summed E-state index contributed by atoms with van der Waals surface area (Å²) < 4.78 is 3.87. The first kappa shape index (κ1) is 10.6. The van der Waals surface area contributed by atoms with Gasteiger partial charge in [0.15, 0.2) is 0 Å². The summed E-state index contributed by atoms with van der Waals surface area (Å²) in [6.45, 7) is 4.50. The first-order valence-electron chi connectivity index (χ1n) is 4.68. The summed E-state index contributed by atoms with van der Waals surface area (Å²) >= 11 is 1.48. The van der Waals surface area contributed by atoms with E-state index in [9.17, 15) is 0 Å². The van der Waals surface area contributed by atoms with Crippen molar-refractivity contribution in [1.82, 2.24) is 14.9 Å². The van der Waals surface area contributed by atoms with Crippen LogP contribution in [0.5, 0.6) is 0 Å². The Labute approximate surface area is 83.7 Å². The number of rotatable bonds is 5. The zero-order valence-corrected chi connectivity index (χ0v) is 9.27. The summed E-state index contributed by atoms with van der Waals surface area (Å²) in [6, 6.07) is 0.433. The molecule has 1 atom stereocenters. The van der Waals surface area contributed by atoms with Crippen molar-refractivity contribution in [2.45, 2.75) is 32.7 Å². The van der Waals surface area contributed by atoms with Gasteiger partial charge in [0.25, 0.3) is 0 Å². The standard InChI is InChI=1S/C9H17N3S/c1-7(2)4-5-8(10-3)9-6-11-12-13-9/h6-8,10H,4-5H2,1-3H3. The summed E-state index contributed by atoms with van der Waals surface area (Å²) in [7, 11) is 1.99. The minimum absolute atomic E-state index is 0.433. The molecule has 3 nitrogen and oxygen atoms in total. The van der Waals surface area contributed by atoms with Gasteiger partial charge in [-0.2, -0.15) is 0 Å². The van der Waals surface area contributed by atoms with Gasteiger partial charge in [-0.1, -0.05) is 18.3 Å². The smallest absolute Gasteiger partial charge is 0.0669 e. The molecule has 1 rings (SSSR count). The fourth-order valence-electron chi connectivity index (χ4n) is 1.26. The van der Waals surface area contributed by atoms with Crippen LogP contribution in [0.1, 0.15) is 37.6 Å². The number of nitrogens with one attached hydrogen (secondary N) is 1. The van der Waals surface area contributed by atoms with E-state index in [2.05, 4.69) is 28.8 Å². The molecule has 13 heavy (non-hydrogen) atoms. The fraction of sp³-hybridized carbons (Fsp3) is 0.778. The Bertz CT molecular complexity index is 221. The number of hydrogen-bond donors (Lipinski definition) is 1. The van der Waals surface area contributed by atoms with Crippen LogP contribution < -0.4 is 5.32 Å². The van der Waals surface area contributed by atoms with Crippen molar-refractivity contribution in [2.24, 2.45) is 5.92 Å². The SMILES string of the molecule is CNC(CCC(C)C)c1cnns1. The Morgan fingerprint density at radius 1 is 1.46 bits per heavy atom. The molecule has 0 bridgehead atoms. The molecule has 0 saturated carbocycles. The van der Waals surface area contributed by atoms with Crippen molar-refractivity contribution in [2.75, 3.05) is 7.05 Å². The van der Waals surface area contributed by atoms with Gasteiger partial charge in [-0.25, -0.2) is 0 Å². The average molecular weight is 199 g/mol. The third-order valence-electron chi connectivity index (χ3n) is 2.10. The number of nitrogens with zero attached hydrogens (tertiary/aromatic N) is 2. The lowest BCUT2D eigenvalue weighted by atomic mass is 10.0. The van der Waals surface area contributed by atoms with E-state index in [4.69, 9.17) is 0 Å². The molecule has 0 aliphatic carbocycles. The monoisotopic (exact) mass is 199 g/mol. The van der Waals surface area contributed by atoms with Gasteiger partial charge in [0.05, 0.1) is 11.1 Å². The zero-order chi connectivity index (χ0) is 9.68. The van der Waals surface area contributed by atoms with E-state index in [0.29, 0.717) is 6.04 Å². The Balaban J connectivity index is 2.44. The maximum absolute atomic E-state index is 3.87. The predicted molar refractivity (Wildman–Crippen MR) is 55.8 cm³/mol. The quantitative estimate of drug-likeness (QED) is 0.790. The maximum Gasteiger partial charge on any atom is 0.0669 e. The third kappa shape index (κ3) is 3.40. The molecule has 0 aromatic carbocycles. The Kier molecular flexibility index (Phi) is 4.32. The molecule has 1 N–H and O–H groups in total. The first-order valence-corrected chi connectivity index (χ1v) is 5.46. The molecule has 0 aliphatic rings. The predicted octanol–water partition coefficient (Wildman–Crippen LogP) is 2.23. The van der Waals surface area contributed by atoms with Gasteiger partial charge < -0.3 is 5.32 Å². The minimum Gasteiger partial charge on any atom is -0.312 e. The van der Waals surface area contributed by atoms with Crippen molar-refractivity contribution >= 4 is 11.5 Å². The second-order valence-corrected chi connectivity index (χ2v) is 4.45. The summed E-state index contributed by atoms with van der Waals surface area (Å²) in [5.41, 5.74) is 0. The van der Waals surface area contributed by atoms with Gasteiger partial charge in [-0.3, -0.25) is 0 Å². The van der Waals surface area contributed by atoms with E-state index in [-0.39, 0.29) is 0 Å². The minimum atomic E-state index is 0.433. The van der Waals surface area contributed by atoms with E-state index < -0.39 is 0 Å². The van der Waals surface area contributed by atoms with Gasteiger partial charge in [-0.05, 0) is 37.3 Å². The number of aromatic nitrogens is 2. The molecule has 0 spiro atoms. The molecule has 1 aromatic rings. The molecule has 0 fully saturated rings. The summed E-state index contributed by atoms with van der Waals surface area (Å²) in [5.74, 6) is 0.761. The van der Waals surface area contributed by atoms with Crippen molar-refractivity contribution < 1.29 is 0 Å². The van der Waals surface area contributed by atoms with Crippen LogP contribution in [0.2, 0.25) is 0 Å². The largest absolute Gasteiger partial charge is 0.312 e. The van der Waals surface area contributed by atoms with Gasteiger partial charge in [0.1, 0.15) is 0 Å². The maximum atomic E-state index is 3.87. The average Bonchev–Trinajstić information content (AvgIpc) is 2.58. The van der Waals surface area contributed by atoms with Crippen molar-refractivity contribution in [3.05, 3.63) is 11.1 Å². The van der Waals surface area contributed by atoms with Crippen LogP contribution in [0.15, 0.2) is 6.20 Å². The van der Waals surface area contributed by atoms with Crippen molar-refractivity contribution in [1.29, 1.82) is 0 Å². The van der Waals surface area contributed by atoms with Gasteiger partial charge in [0.2, 0.25) is 0 Å². The molecule has 1 aromatic heterocycles. The van der Waals surface area contributed by atoms with Gasteiger partial charge >= 0.3 is 0 Å². The van der Waals surface area contributed by atoms with Gasteiger partial charge in [0, 0.05) is 6.04 Å². The van der Waals surface area contributed by atoms with E-state index in [1.165, 1.54) is 22.8 Å². The zero-order valence-electron chi connectivity index (χ0n) is 8.45. The molecule has 0 aliphatic heterocycles. The normalized spacial score (nSPS) is 13.5. The Hall–Kier alpha value is -0.480. The van der Waals surface area contributed by atoms with Crippen LogP contribution in [0.4, 0.5) is 0 Å². The van der Waals surface area contributed by atoms with Crippen molar-refractivity contribution in [3.63, 3.8) is 0 Å². The highest BCUT2D eigenvalue weighted by atomic mass is 32.1. The summed E-state index contributed by atoms with van der Waals surface area (Å²) in [4.78, 5) is 1.24. The van der Waals surface area contributed by atoms with E-state index in [1.807, 2.05) is 13.2 Å². The molecular formula is C9H17N3S. The second-order valence-electron chi connectivity index (χ2n) is 3.63.